The number of hydrogen-bond donors (Lipinski definition) is 3. The van der Waals surface area contributed by atoms with Gasteiger partial charge in [-0.05, 0) is 32.9 Å². The molecule has 32 heavy (non-hydrogen) atoms. The second-order valence-corrected chi connectivity index (χ2v) is 8.21. The number of hydrogen-bond acceptors (Lipinski definition) is 8. The lowest BCUT2D eigenvalue weighted by Crippen LogP contribution is -2.35. The van der Waals surface area contributed by atoms with E-state index in [9.17, 15) is 14.6 Å². The first-order valence-corrected chi connectivity index (χ1v) is 10.8. The van der Waals surface area contributed by atoms with E-state index in [0.717, 1.165) is 11.1 Å². The topological polar surface area (TPSA) is 115 Å². The Morgan fingerprint density at radius 2 is 2.06 bits per heavy atom. The molecule has 0 amide bonds. The van der Waals surface area contributed by atoms with Crippen LogP contribution in [0, 0.1) is 12.7 Å². The molecule has 0 spiro atoms. The maximum Gasteiger partial charge on any atom is 0.254 e. The van der Waals surface area contributed by atoms with E-state index in [1.54, 1.807) is 6.92 Å². The summed E-state index contributed by atoms with van der Waals surface area (Å²) in [6, 6.07) is 1.46. The summed E-state index contributed by atoms with van der Waals surface area (Å²) >= 11 is 0. The van der Waals surface area contributed by atoms with Gasteiger partial charge in [0.25, 0.3) is 5.88 Å². The SMILES string of the molecule is CCOc1nc(O[C@H]2C[C@@H](n3ccc4c(C)ncnc43)[C@H](O)[C@@H]2O)c2c(c1F)CCNC2. The molecule has 170 valence electrons. The Bertz CT molecular complexity index is 1150. The minimum atomic E-state index is -1.14. The van der Waals surface area contributed by atoms with Crippen LogP contribution in [0.15, 0.2) is 18.6 Å². The highest BCUT2D eigenvalue weighted by Crippen LogP contribution is 2.38. The molecule has 9 nitrogen and oxygen atoms in total. The van der Waals surface area contributed by atoms with Gasteiger partial charge in [-0.15, -0.1) is 0 Å². The molecule has 1 saturated carbocycles. The van der Waals surface area contributed by atoms with Crippen molar-refractivity contribution in [3.05, 3.63) is 41.2 Å². The zero-order chi connectivity index (χ0) is 22.4. The first-order valence-electron chi connectivity index (χ1n) is 10.8. The summed E-state index contributed by atoms with van der Waals surface area (Å²) in [5.41, 5.74) is 2.67. The zero-order valence-corrected chi connectivity index (χ0v) is 18.0. The first-order chi connectivity index (χ1) is 15.5. The van der Waals surface area contributed by atoms with Crippen molar-refractivity contribution in [2.24, 2.45) is 0 Å². The van der Waals surface area contributed by atoms with Crippen molar-refractivity contribution in [1.82, 2.24) is 24.8 Å². The van der Waals surface area contributed by atoms with Gasteiger partial charge in [0.2, 0.25) is 5.88 Å². The number of fused-ring (bicyclic) bond motifs is 2. The number of aromatic nitrogens is 4. The third-order valence-corrected chi connectivity index (χ3v) is 6.34. The second kappa shape index (κ2) is 8.27. The molecule has 0 saturated heterocycles. The van der Waals surface area contributed by atoms with Gasteiger partial charge in [0.05, 0.1) is 18.3 Å². The number of aliphatic hydroxyl groups is 2. The summed E-state index contributed by atoms with van der Waals surface area (Å²) in [4.78, 5) is 12.8. The fraction of sp³-hybridized carbons (Fsp3) is 0.500. The van der Waals surface area contributed by atoms with Gasteiger partial charge in [0.1, 0.15) is 30.3 Å². The van der Waals surface area contributed by atoms with Gasteiger partial charge < -0.3 is 29.6 Å². The number of ether oxygens (including phenoxy) is 2. The van der Waals surface area contributed by atoms with Gasteiger partial charge in [0.15, 0.2) is 5.82 Å². The summed E-state index contributed by atoms with van der Waals surface area (Å²) in [5.74, 6) is -0.338. The van der Waals surface area contributed by atoms with Crippen LogP contribution >= 0.6 is 0 Å². The quantitative estimate of drug-likeness (QED) is 0.543. The van der Waals surface area contributed by atoms with Crippen LogP contribution in [0.2, 0.25) is 0 Å². The van der Waals surface area contributed by atoms with Gasteiger partial charge in [-0.2, -0.15) is 4.98 Å². The van der Waals surface area contributed by atoms with Gasteiger partial charge >= 0.3 is 0 Å². The number of pyridine rings is 1. The highest BCUT2D eigenvalue weighted by molar-refractivity contribution is 5.78. The molecule has 1 aliphatic carbocycles. The summed E-state index contributed by atoms with van der Waals surface area (Å²) < 4.78 is 28.2. The van der Waals surface area contributed by atoms with Crippen LogP contribution in [0.4, 0.5) is 4.39 Å². The summed E-state index contributed by atoms with van der Waals surface area (Å²) in [6.45, 7) is 4.99. The van der Waals surface area contributed by atoms with Crippen LogP contribution in [0.5, 0.6) is 11.8 Å². The standard InChI is InChI=1S/C22H26FN5O4/c1-3-31-22-17(23)13-4-6-24-9-14(13)21(27-22)32-16-8-15(18(29)19(16)30)28-7-5-12-11(2)25-10-26-20(12)28/h5,7,10,15-16,18-19,24,29-30H,3-4,6,8-9H2,1-2H3/t15-,16+,18+,19-/m1/s1. The van der Waals surface area contributed by atoms with E-state index in [2.05, 4.69) is 20.3 Å². The van der Waals surface area contributed by atoms with Crippen LogP contribution in [0.1, 0.15) is 36.2 Å². The summed E-state index contributed by atoms with van der Waals surface area (Å²) in [5, 5.41) is 25.7. The predicted octanol–water partition coefficient (Wildman–Crippen LogP) is 1.43. The number of nitrogens with one attached hydrogen (secondary N) is 1. The van der Waals surface area contributed by atoms with E-state index >= 15 is 0 Å². The van der Waals surface area contributed by atoms with Crippen LogP contribution in [0.25, 0.3) is 11.0 Å². The zero-order valence-electron chi connectivity index (χ0n) is 18.0. The molecule has 10 heteroatoms. The third-order valence-electron chi connectivity index (χ3n) is 6.34. The Hall–Kier alpha value is -2.82. The molecule has 3 N–H and O–H groups in total. The third kappa shape index (κ3) is 3.39. The fourth-order valence-electron chi connectivity index (χ4n) is 4.67. The summed E-state index contributed by atoms with van der Waals surface area (Å²) in [6.07, 6.45) is 1.21. The second-order valence-electron chi connectivity index (χ2n) is 8.21. The number of aliphatic hydroxyl groups excluding tert-OH is 2. The lowest BCUT2D eigenvalue weighted by atomic mass is 10.0. The van der Waals surface area contributed by atoms with Gasteiger partial charge in [-0.25, -0.2) is 14.4 Å². The molecule has 0 aromatic carbocycles. The highest BCUT2D eigenvalue weighted by Gasteiger charge is 2.45. The Balaban J connectivity index is 1.46. The molecule has 5 rings (SSSR count). The maximum atomic E-state index is 14.8. The Morgan fingerprint density at radius 3 is 2.88 bits per heavy atom. The van der Waals surface area contributed by atoms with E-state index < -0.39 is 30.2 Å². The first kappa shape index (κ1) is 21.0. The minimum absolute atomic E-state index is 0.101. The molecule has 1 fully saturated rings. The minimum Gasteiger partial charge on any atom is -0.476 e. The molecule has 2 aliphatic rings. The van der Waals surface area contributed by atoms with E-state index in [4.69, 9.17) is 9.47 Å². The average Bonchev–Trinajstić information content (AvgIpc) is 3.34. The molecular formula is C22H26FN5O4. The van der Waals surface area contributed by atoms with Crippen molar-refractivity contribution in [2.45, 2.75) is 57.6 Å². The monoisotopic (exact) mass is 443 g/mol. The smallest absolute Gasteiger partial charge is 0.254 e. The van der Waals surface area contributed by atoms with Crippen molar-refractivity contribution in [2.75, 3.05) is 13.2 Å². The lowest BCUT2D eigenvalue weighted by molar-refractivity contribution is -0.0179. The Kier molecular flexibility index (Phi) is 5.44. The molecular weight excluding hydrogens is 417 g/mol. The normalized spacial score (nSPS) is 25.2. The molecule has 3 aromatic heterocycles. The summed E-state index contributed by atoms with van der Waals surface area (Å²) in [7, 11) is 0. The van der Waals surface area contributed by atoms with Crippen molar-refractivity contribution in [1.29, 1.82) is 0 Å². The van der Waals surface area contributed by atoms with Crippen molar-refractivity contribution in [3.8, 4) is 11.8 Å². The van der Waals surface area contributed by atoms with Crippen LogP contribution in [-0.4, -0.2) is 61.2 Å². The number of nitrogens with zero attached hydrogens (tertiary/aromatic N) is 4. The van der Waals surface area contributed by atoms with Crippen molar-refractivity contribution >= 4 is 11.0 Å². The molecule has 0 bridgehead atoms. The van der Waals surface area contributed by atoms with E-state index in [1.807, 2.05) is 23.8 Å². The lowest BCUT2D eigenvalue weighted by Gasteiger charge is -2.24. The molecule has 3 aromatic rings. The molecule has 0 unspecified atom stereocenters. The average molecular weight is 443 g/mol. The molecule has 4 heterocycles. The largest absolute Gasteiger partial charge is 0.476 e. The Morgan fingerprint density at radius 1 is 1.22 bits per heavy atom. The van der Waals surface area contributed by atoms with E-state index in [1.165, 1.54) is 6.33 Å². The number of aryl methyl sites for hydroxylation is 1. The maximum absolute atomic E-state index is 14.8. The number of halogens is 1. The van der Waals surface area contributed by atoms with Gasteiger partial charge in [0, 0.05) is 35.7 Å². The van der Waals surface area contributed by atoms with Crippen LogP contribution < -0.4 is 14.8 Å². The number of rotatable bonds is 5. The van der Waals surface area contributed by atoms with Gasteiger partial charge in [-0.1, -0.05) is 0 Å². The molecule has 4 atom stereocenters. The predicted molar refractivity (Wildman–Crippen MR) is 113 cm³/mol. The fourth-order valence-corrected chi connectivity index (χ4v) is 4.67. The van der Waals surface area contributed by atoms with Crippen molar-refractivity contribution in [3.63, 3.8) is 0 Å². The van der Waals surface area contributed by atoms with Crippen LogP contribution in [-0.2, 0) is 13.0 Å². The highest BCUT2D eigenvalue weighted by atomic mass is 19.1. The van der Waals surface area contributed by atoms with Gasteiger partial charge in [-0.3, -0.25) is 0 Å². The van der Waals surface area contributed by atoms with E-state index in [-0.39, 0.29) is 18.4 Å². The Labute approximate surface area is 184 Å². The van der Waals surface area contributed by atoms with Crippen LogP contribution in [0.3, 0.4) is 0 Å². The molecule has 1 aliphatic heterocycles. The van der Waals surface area contributed by atoms with E-state index in [0.29, 0.717) is 42.7 Å². The van der Waals surface area contributed by atoms with Crippen molar-refractivity contribution < 1.29 is 24.1 Å². The molecule has 0 radical (unpaired) electrons.